The molecule has 0 saturated carbocycles. The molecule has 4 nitrogen and oxygen atoms in total. The zero-order valence-corrected chi connectivity index (χ0v) is 14.1. The fourth-order valence-electron chi connectivity index (χ4n) is 2.30. The first-order valence-corrected chi connectivity index (χ1v) is 7.62. The number of carbonyl (C=O) groups is 1. The monoisotopic (exact) mass is 330 g/mol. The third kappa shape index (κ3) is 4.83. The van der Waals surface area contributed by atoms with Crippen LogP contribution in [0.25, 0.3) is 0 Å². The minimum Gasteiger partial charge on any atom is -0.482 e. The van der Waals surface area contributed by atoms with Crippen LogP contribution in [-0.2, 0) is 4.79 Å². The maximum atomic E-state index is 11.7. The number of hydrazone groups is 1. The molecule has 0 radical (unpaired) electrons. The Kier molecular flexibility index (Phi) is 5.77. The number of para-hydroxylation sites is 1. The second-order valence-electron chi connectivity index (χ2n) is 5.32. The second-order valence-corrected chi connectivity index (χ2v) is 5.73. The van der Waals surface area contributed by atoms with Crippen LogP contribution in [0.4, 0.5) is 0 Å². The Hall–Kier alpha value is -2.33. The number of hydrogen-bond donors (Lipinski definition) is 1. The highest BCUT2D eigenvalue weighted by molar-refractivity contribution is 6.32. The predicted molar refractivity (Wildman–Crippen MR) is 93.3 cm³/mol. The third-order valence-corrected chi connectivity index (χ3v) is 3.63. The van der Waals surface area contributed by atoms with Gasteiger partial charge in [-0.1, -0.05) is 41.4 Å². The number of ether oxygens (including phenoxy) is 1. The predicted octanol–water partition coefficient (Wildman–Crippen LogP) is 3.79. The number of amides is 1. The van der Waals surface area contributed by atoms with Crippen molar-refractivity contribution in [3.63, 3.8) is 0 Å². The van der Waals surface area contributed by atoms with Crippen molar-refractivity contribution >= 4 is 23.7 Å². The van der Waals surface area contributed by atoms with Crippen molar-refractivity contribution < 1.29 is 9.53 Å². The van der Waals surface area contributed by atoms with Gasteiger partial charge in [0.1, 0.15) is 5.75 Å². The molecule has 0 aliphatic rings. The van der Waals surface area contributed by atoms with Crippen molar-refractivity contribution in [3.05, 3.63) is 63.7 Å². The number of rotatable bonds is 5. The molecular weight excluding hydrogens is 312 g/mol. The van der Waals surface area contributed by atoms with Crippen molar-refractivity contribution in [2.75, 3.05) is 6.61 Å². The molecule has 0 bridgehead atoms. The first kappa shape index (κ1) is 17.0. The van der Waals surface area contributed by atoms with Crippen molar-refractivity contribution in [2.24, 2.45) is 5.10 Å². The van der Waals surface area contributed by atoms with Crippen molar-refractivity contribution in [1.29, 1.82) is 0 Å². The van der Waals surface area contributed by atoms with Gasteiger partial charge >= 0.3 is 0 Å². The molecule has 120 valence electrons. The number of nitrogens with one attached hydrogen (secondary N) is 1. The molecule has 2 aromatic carbocycles. The van der Waals surface area contributed by atoms with E-state index in [9.17, 15) is 4.79 Å². The van der Waals surface area contributed by atoms with Crippen LogP contribution >= 0.6 is 11.6 Å². The van der Waals surface area contributed by atoms with E-state index in [-0.39, 0.29) is 12.5 Å². The minimum atomic E-state index is -0.344. The van der Waals surface area contributed by atoms with Crippen molar-refractivity contribution in [2.45, 2.75) is 20.8 Å². The fraction of sp³-hybridized carbons (Fsp3) is 0.222. The summed E-state index contributed by atoms with van der Waals surface area (Å²) in [5.41, 5.74) is 6.89. The van der Waals surface area contributed by atoms with Gasteiger partial charge in [0.05, 0.1) is 11.2 Å². The Balaban J connectivity index is 1.91. The molecule has 0 aromatic heterocycles. The van der Waals surface area contributed by atoms with Crippen LogP contribution in [-0.4, -0.2) is 18.7 Å². The Labute approximate surface area is 141 Å². The van der Waals surface area contributed by atoms with E-state index in [4.69, 9.17) is 16.3 Å². The summed E-state index contributed by atoms with van der Waals surface area (Å²) in [6, 6.07) is 11.2. The molecule has 0 atom stereocenters. The maximum Gasteiger partial charge on any atom is 0.277 e. The number of halogens is 1. The highest BCUT2D eigenvalue weighted by Gasteiger charge is 2.05. The van der Waals surface area contributed by atoms with Crippen molar-refractivity contribution in [1.82, 2.24) is 5.43 Å². The summed E-state index contributed by atoms with van der Waals surface area (Å²) in [4.78, 5) is 11.7. The van der Waals surface area contributed by atoms with Gasteiger partial charge in [-0.05, 0) is 44.0 Å². The summed E-state index contributed by atoms with van der Waals surface area (Å²) in [6.07, 6.45) is 1.65. The molecule has 0 heterocycles. The van der Waals surface area contributed by atoms with Crippen LogP contribution < -0.4 is 10.2 Å². The van der Waals surface area contributed by atoms with Crippen LogP contribution in [0.15, 0.2) is 41.5 Å². The van der Waals surface area contributed by atoms with E-state index in [0.29, 0.717) is 10.8 Å². The minimum absolute atomic E-state index is 0.146. The van der Waals surface area contributed by atoms with Gasteiger partial charge in [-0.2, -0.15) is 5.10 Å². The van der Waals surface area contributed by atoms with Gasteiger partial charge in [0.2, 0.25) is 0 Å². The summed E-state index contributed by atoms with van der Waals surface area (Å²) in [6.45, 7) is 5.94. The summed E-state index contributed by atoms with van der Waals surface area (Å²) in [5, 5.41) is 4.46. The number of carbonyl (C=O) groups excluding carboxylic acids is 1. The zero-order valence-electron chi connectivity index (χ0n) is 13.4. The second kappa shape index (κ2) is 7.79. The quantitative estimate of drug-likeness (QED) is 0.669. The summed E-state index contributed by atoms with van der Waals surface area (Å²) in [7, 11) is 0. The van der Waals surface area contributed by atoms with E-state index in [1.165, 1.54) is 5.56 Å². The number of aryl methyl sites for hydroxylation is 3. The lowest BCUT2D eigenvalue weighted by molar-refractivity contribution is -0.123. The Bertz CT molecular complexity index is 719. The average molecular weight is 331 g/mol. The smallest absolute Gasteiger partial charge is 0.277 e. The number of nitrogens with zero attached hydrogens (tertiary/aromatic N) is 1. The van der Waals surface area contributed by atoms with Gasteiger partial charge in [-0.3, -0.25) is 4.79 Å². The largest absolute Gasteiger partial charge is 0.482 e. The normalized spacial score (nSPS) is 10.8. The first-order chi connectivity index (χ1) is 11.0. The van der Waals surface area contributed by atoms with Gasteiger partial charge in [0, 0.05) is 5.56 Å². The van der Waals surface area contributed by atoms with E-state index in [2.05, 4.69) is 29.6 Å². The zero-order chi connectivity index (χ0) is 16.8. The molecular formula is C18H19ClN2O2. The highest BCUT2D eigenvalue weighted by atomic mass is 35.5. The van der Waals surface area contributed by atoms with E-state index < -0.39 is 0 Å². The SMILES string of the molecule is Cc1cc(C)c(C=NNC(=O)COc2ccccc2Cl)c(C)c1. The lowest BCUT2D eigenvalue weighted by atomic mass is 10.0. The molecule has 2 aromatic rings. The lowest BCUT2D eigenvalue weighted by Gasteiger charge is -2.07. The van der Waals surface area contributed by atoms with Crippen LogP contribution in [0.1, 0.15) is 22.3 Å². The highest BCUT2D eigenvalue weighted by Crippen LogP contribution is 2.22. The summed E-state index contributed by atoms with van der Waals surface area (Å²) < 4.78 is 5.35. The van der Waals surface area contributed by atoms with Gasteiger partial charge in [-0.25, -0.2) is 5.43 Å². The summed E-state index contributed by atoms with van der Waals surface area (Å²) >= 11 is 5.95. The molecule has 0 spiro atoms. The van der Waals surface area contributed by atoms with Gasteiger partial charge < -0.3 is 4.74 Å². The number of benzene rings is 2. The van der Waals surface area contributed by atoms with E-state index in [1.54, 1.807) is 30.5 Å². The first-order valence-electron chi connectivity index (χ1n) is 7.24. The molecule has 0 aliphatic heterocycles. The Morgan fingerprint density at radius 1 is 1.22 bits per heavy atom. The topological polar surface area (TPSA) is 50.7 Å². The maximum absolute atomic E-state index is 11.7. The molecule has 2 rings (SSSR count). The van der Waals surface area contributed by atoms with Gasteiger partial charge in [0.15, 0.2) is 6.61 Å². The van der Waals surface area contributed by atoms with Gasteiger partial charge in [-0.15, -0.1) is 0 Å². The Morgan fingerprint density at radius 2 is 1.87 bits per heavy atom. The van der Waals surface area contributed by atoms with Crippen molar-refractivity contribution in [3.8, 4) is 5.75 Å². The molecule has 0 aliphatic carbocycles. The van der Waals surface area contributed by atoms with E-state index in [1.807, 2.05) is 13.8 Å². The fourth-order valence-corrected chi connectivity index (χ4v) is 2.49. The van der Waals surface area contributed by atoms with E-state index in [0.717, 1.165) is 16.7 Å². The molecule has 0 saturated heterocycles. The number of hydrogen-bond acceptors (Lipinski definition) is 3. The molecule has 1 N–H and O–H groups in total. The van der Waals surface area contributed by atoms with Gasteiger partial charge in [0.25, 0.3) is 5.91 Å². The van der Waals surface area contributed by atoms with E-state index >= 15 is 0 Å². The summed E-state index contributed by atoms with van der Waals surface area (Å²) in [5.74, 6) is 0.127. The molecule has 5 heteroatoms. The lowest BCUT2D eigenvalue weighted by Crippen LogP contribution is -2.24. The molecule has 23 heavy (non-hydrogen) atoms. The average Bonchev–Trinajstić information content (AvgIpc) is 2.49. The van der Waals surface area contributed by atoms with Crippen LogP contribution in [0.2, 0.25) is 5.02 Å². The molecule has 0 fully saturated rings. The molecule has 0 unspecified atom stereocenters. The van der Waals surface area contributed by atoms with Crippen LogP contribution in [0.3, 0.4) is 0 Å². The standard InChI is InChI=1S/C18H19ClN2O2/c1-12-8-13(2)15(14(3)9-12)10-20-21-18(22)11-23-17-7-5-4-6-16(17)19/h4-10H,11H2,1-3H3,(H,21,22). The van der Waals surface area contributed by atoms with Crippen LogP contribution in [0, 0.1) is 20.8 Å². The molecule has 1 amide bonds. The third-order valence-electron chi connectivity index (χ3n) is 3.32. The van der Waals surface area contributed by atoms with Crippen LogP contribution in [0.5, 0.6) is 5.75 Å². The Morgan fingerprint density at radius 3 is 2.52 bits per heavy atom.